The first-order chi connectivity index (χ1) is 9.42. The lowest BCUT2D eigenvalue weighted by Gasteiger charge is -2.26. The van der Waals surface area contributed by atoms with Gasteiger partial charge in [0.05, 0.1) is 0 Å². The maximum Gasteiger partial charge on any atom is 0.129 e. The predicted octanol–water partition coefficient (Wildman–Crippen LogP) is 3.75. The van der Waals surface area contributed by atoms with Gasteiger partial charge in [0.2, 0.25) is 0 Å². The number of aromatic nitrogens is 1. The molecule has 0 bridgehead atoms. The van der Waals surface area contributed by atoms with Crippen molar-refractivity contribution in [3.63, 3.8) is 0 Å². The highest BCUT2D eigenvalue weighted by molar-refractivity contribution is 5.42. The van der Waals surface area contributed by atoms with Crippen LogP contribution >= 0.6 is 0 Å². The normalized spacial score (nSPS) is 11.4. The molecule has 0 fully saturated rings. The van der Waals surface area contributed by atoms with Gasteiger partial charge in [0.25, 0.3) is 0 Å². The lowest BCUT2D eigenvalue weighted by Crippen LogP contribution is -2.28. The van der Waals surface area contributed by atoms with Crippen LogP contribution in [0.4, 0.5) is 5.82 Å². The van der Waals surface area contributed by atoms with Gasteiger partial charge in [-0.1, -0.05) is 27.7 Å². The molecule has 1 aromatic heterocycles. The summed E-state index contributed by atoms with van der Waals surface area (Å²) in [6.45, 7) is 13.9. The number of anilines is 1. The van der Waals surface area contributed by atoms with E-state index in [1.807, 2.05) is 6.92 Å². The summed E-state index contributed by atoms with van der Waals surface area (Å²) in [6, 6.07) is 4.22. The summed E-state index contributed by atoms with van der Waals surface area (Å²) in [5, 5.41) is 0. The van der Waals surface area contributed by atoms with Crippen LogP contribution in [-0.4, -0.2) is 18.1 Å². The highest BCUT2D eigenvalue weighted by Gasteiger charge is 2.11. The first-order valence-electron chi connectivity index (χ1n) is 7.85. The first-order valence-corrected chi connectivity index (χ1v) is 7.85. The minimum Gasteiger partial charge on any atom is -0.357 e. The van der Waals surface area contributed by atoms with Gasteiger partial charge < -0.3 is 10.6 Å². The molecule has 3 heteroatoms. The van der Waals surface area contributed by atoms with E-state index < -0.39 is 0 Å². The minimum absolute atomic E-state index is 0.582. The Bertz CT molecular complexity index is 387. The average molecular weight is 277 g/mol. The lowest BCUT2D eigenvalue weighted by atomic mass is 10.1. The number of pyridine rings is 1. The van der Waals surface area contributed by atoms with Crippen LogP contribution in [0, 0.1) is 18.8 Å². The second-order valence-electron chi connectivity index (χ2n) is 6.53. The van der Waals surface area contributed by atoms with Crippen LogP contribution in [-0.2, 0) is 6.54 Å². The first kappa shape index (κ1) is 17.0. The minimum atomic E-state index is 0.582. The highest BCUT2D eigenvalue weighted by atomic mass is 15.2. The van der Waals surface area contributed by atoms with Crippen LogP contribution in [0.3, 0.4) is 0 Å². The molecule has 0 radical (unpaired) electrons. The van der Waals surface area contributed by atoms with E-state index in [0.717, 1.165) is 36.4 Å². The molecule has 0 aromatic carbocycles. The molecule has 0 atom stereocenters. The van der Waals surface area contributed by atoms with Gasteiger partial charge in [-0.2, -0.15) is 0 Å². The molecular weight excluding hydrogens is 246 g/mol. The van der Waals surface area contributed by atoms with E-state index >= 15 is 0 Å². The summed E-state index contributed by atoms with van der Waals surface area (Å²) in [7, 11) is 0. The molecule has 0 unspecified atom stereocenters. The monoisotopic (exact) mass is 277 g/mol. The lowest BCUT2D eigenvalue weighted by molar-refractivity contribution is 0.532. The molecule has 1 heterocycles. The van der Waals surface area contributed by atoms with Gasteiger partial charge in [-0.3, -0.25) is 0 Å². The molecule has 20 heavy (non-hydrogen) atoms. The molecule has 0 saturated carbocycles. The molecule has 0 aliphatic rings. The van der Waals surface area contributed by atoms with Gasteiger partial charge in [-0.25, -0.2) is 4.98 Å². The number of hydrogen-bond acceptors (Lipinski definition) is 3. The van der Waals surface area contributed by atoms with E-state index in [9.17, 15) is 0 Å². The number of nitrogens with two attached hydrogens (primary N) is 1. The van der Waals surface area contributed by atoms with Crippen molar-refractivity contribution in [2.45, 2.75) is 54.0 Å². The Kier molecular flexibility index (Phi) is 7.00. The van der Waals surface area contributed by atoms with E-state index in [-0.39, 0.29) is 0 Å². The molecule has 1 rings (SSSR count). The Balaban J connectivity index is 2.86. The van der Waals surface area contributed by atoms with Crippen molar-refractivity contribution in [3.8, 4) is 0 Å². The quantitative estimate of drug-likeness (QED) is 0.787. The molecule has 0 spiro atoms. The number of rotatable bonds is 8. The molecule has 3 nitrogen and oxygen atoms in total. The Labute approximate surface area is 124 Å². The summed E-state index contributed by atoms with van der Waals surface area (Å²) < 4.78 is 0. The van der Waals surface area contributed by atoms with Crippen LogP contribution in [0.5, 0.6) is 0 Å². The Morgan fingerprint density at radius 1 is 1.05 bits per heavy atom. The van der Waals surface area contributed by atoms with Gasteiger partial charge in [-0.15, -0.1) is 0 Å². The van der Waals surface area contributed by atoms with Crippen LogP contribution in [0.25, 0.3) is 0 Å². The van der Waals surface area contributed by atoms with Gasteiger partial charge in [0.1, 0.15) is 5.82 Å². The van der Waals surface area contributed by atoms with E-state index in [4.69, 9.17) is 10.7 Å². The van der Waals surface area contributed by atoms with E-state index in [0.29, 0.717) is 6.54 Å². The summed E-state index contributed by atoms with van der Waals surface area (Å²) in [6.07, 6.45) is 2.40. The highest BCUT2D eigenvalue weighted by Crippen LogP contribution is 2.18. The van der Waals surface area contributed by atoms with Crippen LogP contribution < -0.4 is 10.6 Å². The topological polar surface area (TPSA) is 42.1 Å². The maximum absolute atomic E-state index is 5.79. The summed E-state index contributed by atoms with van der Waals surface area (Å²) in [5.74, 6) is 2.53. The van der Waals surface area contributed by atoms with Gasteiger partial charge in [-0.05, 0) is 49.3 Å². The predicted molar refractivity (Wildman–Crippen MR) is 88.0 cm³/mol. The second-order valence-corrected chi connectivity index (χ2v) is 6.53. The third-order valence-electron chi connectivity index (χ3n) is 3.51. The Hall–Kier alpha value is -1.09. The molecule has 0 aliphatic carbocycles. The molecule has 1 aromatic rings. The second kappa shape index (κ2) is 8.25. The van der Waals surface area contributed by atoms with Gasteiger partial charge in [0, 0.05) is 25.3 Å². The standard InChI is InChI=1S/C17H31N3/c1-13(2)6-8-20(9-7-14(3)4)17-11-16(12-18)10-15(5)19-17/h10-11,13-14H,6-9,12,18H2,1-5H3. The number of aryl methyl sites for hydroxylation is 1. The van der Waals surface area contributed by atoms with Crippen LogP contribution in [0.15, 0.2) is 12.1 Å². The molecule has 0 saturated heterocycles. The zero-order valence-corrected chi connectivity index (χ0v) is 13.8. The smallest absolute Gasteiger partial charge is 0.129 e. The van der Waals surface area contributed by atoms with Gasteiger partial charge in [0.15, 0.2) is 0 Å². The molecule has 2 N–H and O–H groups in total. The van der Waals surface area contributed by atoms with Crippen molar-refractivity contribution in [3.05, 3.63) is 23.4 Å². The summed E-state index contributed by atoms with van der Waals surface area (Å²) in [5.41, 5.74) is 8.02. The number of hydrogen-bond donors (Lipinski definition) is 1. The fourth-order valence-corrected chi connectivity index (χ4v) is 2.17. The van der Waals surface area contributed by atoms with Gasteiger partial charge >= 0.3 is 0 Å². The SMILES string of the molecule is Cc1cc(CN)cc(N(CCC(C)C)CCC(C)C)n1. The Morgan fingerprint density at radius 2 is 1.60 bits per heavy atom. The number of nitrogens with zero attached hydrogens (tertiary/aromatic N) is 2. The largest absolute Gasteiger partial charge is 0.357 e. The van der Waals surface area contributed by atoms with Crippen molar-refractivity contribution >= 4 is 5.82 Å². The molecule has 114 valence electrons. The average Bonchev–Trinajstić information content (AvgIpc) is 2.37. The van der Waals surface area contributed by atoms with Crippen LogP contribution in [0.1, 0.15) is 51.8 Å². The van der Waals surface area contributed by atoms with Crippen molar-refractivity contribution in [1.29, 1.82) is 0 Å². The van der Waals surface area contributed by atoms with Crippen molar-refractivity contribution in [2.75, 3.05) is 18.0 Å². The Morgan fingerprint density at radius 3 is 2.05 bits per heavy atom. The summed E-state index contributed by atoms with van der Waals surface area (Å²) >= 11 is 0. The molecule has 0 amide bonds. The third kappa shape index (κ3) is 5.91. The third-order valence-corrected chi connectivity index (χ3v) is 3.51. The van der Waals surface area contributed by atoms with E-state index in [1.54, 1.807) is 0 Å². The fraction of sp³-hybridized carbons (Fsp3) is 0.706. The zero-order valence-electron chi connectivity index (χ0n) is 13.8. The van der Waals surface area contributed by atoms with Crippen molar-refractivity contribution in [2.24, 2.45) is 17.6 Å². The molecular formula is C17H31N3. The van der Waals surface area contributed by atoms with Crippen molar-refractivity contribution in [1.82, 2.24) is 4.98 Å². The maximum atomic E-state index is 5.79. The van der Waals surface area contributed by atoms with Crippen LogP contribution in [0.2, 0.25) is 0 Å². The zero-order chi connectivity index (χ0) is 15.1. The van der Waals surface area contributed by atoms with Crippen molar-refractivity contribution < 1.29 is 0 Å². The van der Waals surface area contributed by atoms with E-state index in [2.05, 4.69) is 44.7 Å². The molecule has 0 aliphatic heterocycles. The van der Waals surface area contributed by atoms with E-state index in [1.165, 1.54) is 18.4 Å². The summed E-state index contributed by atoms with van der Waals surface area (Å²) in [4.78, 5) is 7.13. The fourth-order valence-electron chi connectivity index (χ4n) is 2.17.